The Bertz CT molecular complexity index is 338. The lowest BCUT2D eigenvalue weighted by atomic mass is 9.81. The molecule has 0 aliphatic heterocycles. The summed E-state index contributed by atoms with van der Waals surface area (Å²) >= 11 is 0. The van der Waals surface area contributed by atoms with Crippen molar-refractivity contribution in [1.29, 1.82) is 0 Å². The summed E-state index contributed by atoms with van der Waals surface area (Å²) in [7, 11) is 0. The molecule has 3 N–H and O–H groups in total. The molecule has 0 bridgehead atoms. The molecule has 0 saturated heterocycles. The first kappa shape index (κ1) is 17.8. The Morgan fingerprint density at radius 1 is 1.24 bits per heavy atom. The summed E-state index contributed by atoms with van der Waals surface area (Å²) in [4.78, 5) is 22.9. The first-order valence-electron chi connectivity index (χ1n) is 8.21. The van der Waals surface area contributed by atoms with E-state index in [0.717, 1.165) is 18.8 Å². The minimum Gasteiger partial charge on any atom is -0.480 e. The molecule has 0 aromatic carbocycles. The highest BCUT2D eigenvalue weighted by molar-refractivity contribution is 5.82. The Kier molecular flexibility index (Phi) is 7.54. The van der Waals surface area contributed by atoms with Crippen molar-refractivity contribution in [2.45, 2.75) is 65.3 Å². The number of aliphatic carboxylic acids is 1. The number of carboxylic acid groups (broad SMARTS) is 1. The molecule has 5 nitrogen and oxygen atoms in total. The van der Waals surface area contributed by atoms with Gasteiger partial charge in [0.2, 0.25) is 0 Å². The zero-order chi connectivity index (χ0) is 15.8. The first-order valence-corrected chi connectivity index (χ1v) is 8.21. The van der Waals surface area contributed by atoms with Crippen LogP contribution in [-0.2, 0) is 4.79 Å². The molecule has 1 rings (SSSR count). The van der Waals surface area contributed by atoms with E-state index in [2.05, 4.69) is 17.6 Å². The highest BCUT2D eigenvalue weighted by Crippen LogP contribution is 2.29. The van der Waals surface area contributed by atoms with Crippen LogP contribution >= 0.6 is 0 Å². The summed E-state index contributed by atoms with van der Waals surface area (Å²) in [6, 6.07) is -1.18. The minimum atomic E-state index is -0.972. The molecule has 2 atom stereocenters. The number of carbonyl (C=O) groups excluding carboxylic acids is 1. The smallest absolute Gasteiger partial charge is 0.326 e. The predicted molar refractivity (Wildman–Crippen MR) is 83.2 cm³/mol. The molecule has 2 amide bonds. The third kappa shape index (κ3) is 6.36. The molecule has 1 saturated carbocycles. The second kappa shape index (κ2) is 8.90. The highest BCUT2D eigenvalue weighted by Gasteiger charge is 2.25. The van der Waals surface area contributed by atoms with E-state index in [-0.39, 0.29) is 11.9 Å². The van der Waals surface area contributed by atoms with E-state index >= 15 is 0 Å². The summed E-state index contributed by atoms with van der Waals surface area (Å²) in [5.41, 5.74) is 0. The number of rotatable bonds is 7. The predicted octanol–water partition coefficient (Wildman–Crippen LogP) is 3.00. The largest absolute Gasteiger partial charge is 0.480 e. The van der Waals surface area contributed by atoms with E-state index in [1.54, 1.807) is 0 Å². The zero-order valence-electron chi connectivity index (χ0n) is 13.5. The van der Waals surface area contributed by atoms with Crippen molar-refractivity contribution in [2.24, 2.45) is 17.8 Å². The SMILES string of the molecule is CCC(C)[C@H](NC(=O)NCCC1CCC(C)CC1)C(=O)O. The maximum atomic E-state index is 11.8. The molecule has 0 aromatic heterocycles. The molecule has 0 aromatic rings. The van der Waals surface area contributed by atoms with E-state index < -0.39 is 12.0 Å². The van der Waals surface area contributed by atoms with Gasteiger partial charge >= 0.3 is 12.0 Å². The number of carboxylic acids is 1. The van der Waals surface area contributed by atoms with Gasteiger partial charge in [-0.25, -0.2) is 9.59 Å². The van der Waals surface area contributed by atoms with Crippen molar-refractivity contribution in [3.05, 3.63) is 0 Å². The van der Waals surface area contributed by atoms with E-state index in [0.29, 0.717) is 12.5 Å². The average molecular weight is 298 g/mol. The maximum Gasteiger partial charge on any atom is 0.326 e. The Morgan fingerprint density at radius 3 is 2.38 bits per heavy atom. The second-order valence-corrected chi connectivity index (χ2v) is 6.52. The second-order valence-electron chi connectivity index (χ2n) is 6.52. The van der Waals surface area contributed by atoms with Crippen LogP contribution in [0.1, 0.15) is 59.3 Å². The van der Waals surface area contributed by atoms with Gasteiger partial charge in [-0.05, 0) is 24.2 Å². The molecule has 122 valence electrons. The number of nitrogens with one attached hydrogen (secondary N) is 2. The van der Waals surface area contributed by atoms with Crippen molar-refractivity contribution in [2.75, 3.05) is 6.54 Å². The summed E-state index contributed by atoms with van der Waals surface area (Å²) in [6.45, 7) is 6.67. The molecule has 0 radical (unpaired) electrons. The Morgan fingerprint density at radius 2 is 1.86 bits per heavy atom. The Labute approximate surface area is 127 Å². The van der Waals surface area contributed by atoms with Crippen molar-refractivity contribution in [3.8, 4) is 0 Å². The topological polar surface area (TPSA) is 78.4 Å². The number of carbonyl (C=O) groups is 2. The Hall–Kier alpha value is -1.26. The summed E-state index contributed by atoms with van der Waals surface area (Å²) in [5, 5.41) is 14.5. The molecule has 1 aliphatic carbocycles. The van der Waals surface area contributed by atoms with Crippen LogP contribution in [0.3, 0.4) is 0 Å². The van der Waals surface area contributed by atoms with Crippen LogP contribution in [0.15, 0.2) is 0 Å². The molecule has 21 heavy (non-hydrogen) atoms. The van der Waals surface area contributed by atoms with Crippen LogP contribution in [0.2, 0.25) is 0 Å². The van der Waals surface area contributed by atoms with E-state index in [4.69, 9.17) is 5.11 Å². The quantitative estimate of drug-likeness (QED) is 0.676. The van der Waals surface area contributed by atoms with Crippen LogP contribution in [0.25, 0.3) is 0 Å². The summed E-state index contributed by atoms with van der Waals surface area (Å²) < 4.78 is 0. The molecule has 1 unspecified atom stereocenters. The number of amides is 2. The molecule has 5 heteroatoms. The van der Waals surface area contributed by atoms with E-state index in [1.165, 1.54) is 25.7 Å². The maximum absolute atomic E-state index is 11.8. The molecule has 0 heterocycles. The fourth-order valence-corrected chi connectivity index (χ4v) is 2.88. The van der Waals surface area contributed by atoms with Gasteiger partial charge in [-0.1, -0.05) is 52.9 Å². The number of hydrogen-bond acceptors (Lipinski definition) is 2. The highest BCUT2D eigenvalue weighted by atomic mass is 16.4. The van der Waals surface area contributed by atoms with Gasteiger partial charge < -0.3 is 15.7 Å². The van der Waals surface area contributed by atoms with Gasteiger partial charge in [-0.3, -0.25) is 0 Å². The average Bonchev–Trinajstić information content (AvgIpc) is 2.45. The summed E-state index contributed by atoms with van der Waals surface area (Å²) in [5.74, 6) is 0.490. The van der Waals surface area contributed by atoms with Gasteiger partial charge in [-0.15, -0.1) is 0 Å². The van der Waals surface area contributed by atoms with Gasteiger partial charge in [0.1, 0.15) is 6.04 Å². The minimum absolute atomic E-state index is 0.0758. The van der Waals surface area contributed by atoms with Gasteiger partial charge in [-0.2, -0.15) is 0 Å². The lowest BCUT2D eigenvalue weighted by molar-refractivity contribution is -0.140. The molecule has 1 fully saturated rings. The number of urea groups is 1. The van der Waals surface area contributed by atoms with Crippen molar-refractivity contribution in [3.63, 3.8) is 0 Å². The zero-order valence-corrected chi connectivity index (χ0v) is 13.5. The van der Waals surface area contributed by atoms with Crippen LogP contribution in [-0.4, -0.2) is 29.7 Å². The van der Waals surface area contributed by atoms with E-state index in [9.17, 15) is 9.59 Å². The van der Waals surface area contributed by atoms with Gasteiger partial charge in [0.15, 0.2) is 0 Å². The summed E-state index contributed by atoms with van der Waals surface area (Å²) in [6.07, 6.45) is 6.76. The lowest BCUT2D eigenvalue weighted by Crippen LogP contribution is -2.49. The molecular formula is C16H30N2O3. The fourth-order valence-electron chi connectivity index (χ4n) is 2.88. The van der Waals surface area contributed by atoms with Crippen molar-refractivity contribution in [1.82, 2.24) is 10.6 Å². The molecular weight excluding hydrogens is 268 g/mol. The van der Waals surface area contributed by atoms with Gasteiger partial charge in [0.05, 0.1) is 0 Å². The van der Waals surface area contributed by atoms with Gasteiger partial charge in [0, 0.05) is 6.54 Å². The van der Waals surface area contributed by atoms with Gasteiger partial charge in [0.25, 0.3) is 0 Å². The Balaban J connectivity index is 2.25. The first-order chi connectivity index (χ1) is 9.93. The number of hydrogen-bond donors (Lipinski definition) is 3. The third-order valence-electron chi connectivity index (χ3n) is 4.74. The van der Waals surface area contributed by atoms with Crippen molar-refractivity contribution < 1.29 is 14.7 Å². The van der Waals surface area contributed by atoms with Crippen LogP contribution in [0.5, 0.6) is 0 Å². The molecule has 0 spiro atoms. The fraction of sp³-hybridized carbons (Fsp3) is 0.875. The van der Waals surface area contributed by atoms with Crippen LogP contribution < -0.4 is 10.6 Å². The van der Waals surface area contributed by atoms with Crippen molar-refractivity contribution >= 4 is 12.0 Å². The monoisotopic (exact) mass is 298 g/mol. The standard InChI is InChI=1S/C16H30N2O3/c1-4-12(3)14(15(19)20)18-16(21)17-10-9-13-7-5-11(2)6-8-13/h11-14H,4-10H2,1-3H3,(H,19,20)(H2,17,18,21)/t11?,12?,13?,14-/m0/s1. The van der Waals surface area contributed by atoms with Crippen LogP contribution in [0.4, 0.5) is 4.79 Å². The van der Waals surface area contributed by atoms with E-state index in [1.807, 2.05) is 13.8 Å². The van der Waals surface area contributed by atoms with Crippen LogP contribution in [0, 0.1) is 17.8 Å². The third-order valence-corrected chi connectivity index (χ3v) is 4.74. The molecule has 1 aliphatic rings. The lowest BCUT2D eigenvalue weighted by Gasteiger charge is -2.26. The normalized spacial score (nSPS) is 24.9.